The van der Waals surface area contributed by atoms with Gasteiger partial charge in [-0.05, 0) is 73.6 Å². The number of pyridine rings is 1. The van der Waals surface area contributed by atoms with Crippen molar-refractivity contribution in [3.63, 3.8) is 0 Å². The second-order valence-corrected chi connectivity index (χ2v) is 10.3. The molecule has 1 atom stereocenters. The molecular weight excluding hydrogens is 502 g/mol. The van der Waals surface area contributed by atoms with Crippen LogP contribution in [0.25, 0.3) is 11.1 Å². The van der Waals surface area contributed by atoms with Gasteiger partial charge in [0.2, 0.25) is 5.91 Å². The Labute approximate surface area is 216 Å². The van der Waals surface area contributed by atoms with Crippen LogP contribution in [0.2, 0.25) is 0 Å². The first-order valence-corrected chi connectivity index (χ1v) is 12.4. The predicted octanol–water partition coefficient (Wildman–Crippen LogP) is 5.04. The Morgan fingerprint density at radius 1 is 1.16 bits per heavy atom. The fourth-order valence-corrected chi connectivity index (χ4v) is 5.10. The lowest BCUT2D eigenvalue weighted by atomic mass is 9.83. The van der Waals surface area contributed by atoms with Gasteiger partial charge in [0, 0.05) is 36.2 Å². The highest BCUT2D eigenvalue weighted by Gasteiger charge is 2.52. The normalized spacial score (nSPS) is 19.7. The minimum absolute atomic E-state index is 0.0341. The molecular formula is C27H27F4N5O2. The largest absolute Gasteiger partial charge is 0.408 e. The number of anilines is 1. The molecule has 2 aromatic heterocycles. The van der Waals surface area contributed by atoms with Gasteiger partial charge in [-0.25, -0.2) is 9.37 Å². The first-order valence-electron chi connectivity index (χ1n) is 12.4. The molecule has 2 aliphatic rings. The van der Waals surface area contributed by atoms with E-state index < -0.39 is 24.4 Å². The SMILES string of the molecule is Cc1cc(N2CC[C@@](C)(C3CC3)C2=O)cc(C(=O)NCc2cc(F)cc(-c3cnn(CC(F)(F)F)c3)c2)n1. The van der Waals surface area contributed by atoms with E-state index in [-0.39, 0.29) is 23.6 Å². The minimum Gasteiger partial charge on any atom is -0.347 e. The zero-order valence-electron chi connectivity index (χ0n) is 21.0. The van der Waals surface area contributed by atoms with Crippen molar-refractivity contribution in [2.45, 2.75) is 52.4 Å². The summed E-state index contributed by atoms with van der Waals surface area (Å²) in [6, 6.07) is 7.38. The van der Waals surface area contributed by atoms with Gasteiger partial charge in [-0.2, -0.15) is 18.3 Å². The van der Waals surface area contributed by atoms with Gasteiger partial charge in [0.25, 0.3) is 5.91 Å². The fraction of sp³-hybridized carbons (Fsp3) is 0.407. The number of hydrogen-bond donors (Lipinski definition) is 1. The van der Waals surface area contributed by atoms with Gasteiger partial charge < -0.3 is 10.2 Å². The van der Waals surface area contributed by atoms with E-state index in [4.69, 9.17) is 0 Å². The molecule has 3 heterocycles. The molecule has 2 fully saturated rings. The number of nitrogens with zero attached hydrogens (tertiary/aromatic N) is 4. The van der Waals surface area contributed by atoms with E-state index in [2.05, 4.69) is 15.4 Å². The van der Waals surface area contributed by atoms with Crippen LogP contribution < -0.4 is 10.2 Å². The topological polar surface area (TPSA) is 80.1 Å². The average Bonchev–Trinajstić information content (AvgIpc) is 3.53. The zero-order valence-corrected chi connectivity index (χ0v) is 21.0. The third-order valence-corrected chi connectivity index (χ3v) is 7.27. The molecule has 1 N–H and O–H groups in total. The molecule has 2 amide bonds. The molecule has 1 aliphatic heterocycles. The summed E-state index contributed by atoms with van der Waals surface area (Å²) >= 11 is 0. The number of halogens is 4. The van der Waals surface area contributed by atoms with Crippen LogP contribution in [0, 0.1) is 24.1 Å². The van der Waals surface area contributed by atoms with Crippen LogP contribution in [0.5, 0.6) is 0 Å². The number of aromatic nitrogens is 3. The number of nitrogens with one attached hydrogen (secondary N) is 1. The fourth-order valence-electron chi connectivity index (χ4n) is 5.10. The molecule has 11 heteroatoms. The lowest BCUT2D eigenvalue weighted by Gasteiger charge is -2.23. The van der Waals surface area contributed by atoms with Crippen molar-refractivity contribution in [1.29, 1.82) is 0 Å². The molecule has 38 heavy (non-hydrogen) atoms. The summed E-state index contributed by atoms with van der Waals surface area (Å²) in [5.74, 6) is -0.600. The van der Waals surface area contributed by atoms with E-state index >= 15 is 0 Å². The molecule has 1 aliphatic carbocycles. The van der Waals surface area contributed by atoms with E-state index in [9.17, 15) is 27.2 Å². The van der Waals surface area contributed by atoms with E-state index in [1.165, 1.54) is 24.5 Å². The average molecular weight is 530 g/mol. The second kappa shape index (κ2) is 9.52. The molecule has 0 radical (unpaired) electrons. The van der Waals surface area contributed by atoms with Gasteiger partial charge in [0.1, 0.15) is 18.1 Å². The van der Waals surface area contributed by atoms with Gasteiger partial charge >= 0.3 is 6.18 Å². The lowest BCUT2D eigenvalue weighted by molar-refractivity contribution is -0.142. The highest BCUT2D eigenvalue weighted by molar-refractivity contribution is 6.01. The maximum atomic E-state index is 14.3. The quantitative estimate of drug-likeness (QED) is 0.435. The Kier molecular flexibility index (Phi) is 6.48. The summed E-state index contributed by atoms with van der Waals surface area (Å²) in [5.41, 5.74) is 2.06. The van der Waals surface area contributed by atoms with Crippen molar-refractivity contribution < 1.29 is 27.2 Å². The predicted molar refractivity (Wildman–Crippen MR) is 132 cm³/mol. The van der Waals surface area contributed by atoms with Crippen LogP contribution in [-0.4, -0.2) is 39.3 Å². The number of amides is 2. The Hall–Kier alpha value is -3.76. The monoisotopic (exact) mass is 529 g/mol. The van der Waals surface area contributed by atoms with E-state index in [1.807, 2.05) is 6.92 Å². The van der Waals surface area contributed by atoms with Crippen LogP contribution >= 0.6 is 0 Å². The second-order valence-electron chi connectivity index (χ2n) is 10.3. The number of alkyl halides is 3. The van der Waals surface area contributed by atoms with Crippen molar-refractivity contribution in [2.75, 3.05) is 11.4 Å². The van der Waals surface area contributed by atoms with Crippen LogP contribution in [0.3, 0.4) is 0 Å². The number of hydrogen-bond acceptors (Lipinski definition) is 4. The molecule has 1 aromatic carbocycles. The summed E-state index contributed by atoms with van der Waals surface area (Å²) in [6.07, 6.45) is 0.902. The Morgan fingerprint density at radius 3 is 2.63 bits per heavy atom. The maximum Gasteiger partial charge on any atom is 0.408 e. The van der Waals surface area contributed by atoms with E-state index in [1.54, 1.807) is 30.0 Å². The summed E-state index contributed by atoms with van der Waals surface area (Å²) < 4.78 is 53.0. The van der Waals surface area contributed by atoms with Crippen molar-refractivity contribution in [3.05, 3.63) is 65.5 Å². The zero-order chi connectivity index (χ0) is 27.2. The van der Waals surface area contributed by atoms with Gasteiger partial charge in [0.05, 0.1) is 11.6 Å². The molecule has 7 nitrogen and oxygen atoms in total. The molecule has 0 bridgehead atoms. The molecule has 0 unspecified atom stereocenters. The highest BCUT2D eigenvalue weighted by Crippen LogP contribution is 2.51. The summed E-state index contributed by atoms with van der Waals surface area (Å²) in [7, 11) is 0. The molecule has 3 aromatic rings. The van der Waals surface area contributed by atoms with Crippen LogP contribution in [0.1, 0.15) is 47.9 Å². The minimum atomic E-state index is -4.43. The first kappa shape index (κ1) is 25.9. The van der Waals surface area contributed by atoms with Gasteiger partial charge in [-0.1, -0.05) is 6.92 Å². The molecule has 5 rings (SSSR count). The standard InChI is InChI=1S/C27H27F4N5O2/c1-16-7-22(36-6-5-26(2,25(36)38)20-3-4-20)11-23(34-16)24(37)32-12-17-8-18(10-21(28)9-17)19-13-33-35(14-19)15-27(29,30)31/h7-11,13-14,20H,3-6,12,15H2,1-2H3,(H,32,37)/t26-/m0/s1. The van der Waals surface area contributed by atoms with Crippen LogP contribution in [-0.2, 0) is 17.9 Å². The number of benzene rings is 1. The summed E-state index contributed by atoms with van der Waals surface area (Å²) in [4.78, 5) is 32.2. The number of carbonyl (C=O) groups excluding carboxylic acids is 2. The Bertz CT molecular complexity index is 1400. The van der Waals surface area contributed by atoms with Crippen molar-refractivity contribution >= 4 is 17.5 Å². The highest BCUT2D eigenvalue weighted by atomic mass is 19.4. The van der Waals surface area contributed by atoms with Gasteiger partial charge in [-0.3, -0.25) is 14.3 Å². The Morgan fingerprint density at radius 2 is 1.92 bits per heavy atom. The number of rotatable bonds is 7. The molecule has 1 saturated carbocycles. The molecule has 200 valence electrons. The number of carbonyl (C=O) groups is 2. The van der Waals surface area contributed by atoms with Crippen molar-refractivity contribution in [1.82, 2.24) is 20.1 Å². The Balaban J connectivity index is 1.29. The van der Waals surface area contributed by atoms with Crippen molar-refractivity contribution in [2.24, 2.45) is 11.3 Å². The third kappa shape index (κ3) is 5.41. The summed E-state index contributed by atoms with van der Waals surface area (Å²) in [6.45, 7) is 3.07. The molecule has 0 spiro atoms. The third-order valence-electron chi connectivity index (χ3n) is 7.27. The summed E-state index contributed by atoms with van der Waals surface area (Å²) in [5, 5.41) is 6.41. The van der Waals surface area contributed by atoms with E-state index in [0.29, 0.717) is 40.5 Å². The maximum absolute atomic E-state index is 14.3. The van der Waals surface area contributed by atoms with Gasteiger partial charge in [0.15, 0.2) is 0 Å². The lowest BCUT2D eigenvalue weighted by Crippen LogP contribution is -2.34. The number of aryl methyl sites for hydroxylation is 1. The van der Waals surface area contributed by atoms with Crippen LogP contribution in [0.4, 0.5) is 23.2 Å². The molecule has 1 saturated heterocycles. The van der Waals surface area contributed by atoms with E-state index in [0.717, 1.165) is 23.9 Å². The van der Waals surface area contributed by atoms with Gasteiger partial charge in [-0.15, -0.1) is 0 Å². The smallest absolute Gasteiger partial charge is 0.347 e. The van der Waals surface area contributed by atoms with Crippen LogP contribution in [0.15, 0.2) is 42.7 Å². The van der Waals surface area contributed by atoms with Crippen molar-refractivity contribution in [3.8, 4) is 11.1 Å². The first-order chi connectivity index (χ1) is 17.9.